The summed E-state index contributed by atoms with van der Waals surface area (Å²) in [7, 11) is 0. The molecule has 0 bridgehead atoms. The lowest BCUT2D eigenvalue weighted by Gasteiger charge is -2.29. The van der Waals surface area contributed by atoms with Crippen molar-refractivity contribution in [2.45, 2.75) is 91.7 Å². The van der Waals surface area contributed by atoms with E-state index in [2.05, 4.69) is 0 Å². The number of hydrogen-bond donors (Lipinski definition) is 0. The van der Waals surface area contributed by atoms with Gasteiger partial charge >= 0.3 is 18.1 Å². The third-order valence-corrected chi connectivity index (χ3v) is 3.65. The SMILES string of the molecule is CC(C)[C@@H](OC(=O)[C@H](C)CC(=O)OC(C)(C)C)[C@H](C)OCCCC(F)(F)F. The van der Waals surface area contributed by atoms with Crippen molar-refractivity contribution in [3.63, 3.8) is 0 Å². The summed E-state index contributed by atoms with van der Waals surface area (Å²) in [4.78, 5) is 24.1. The standard InChI is InChI=1S/C19H33F3O5/c1-12(2)16(14(4)25-10-8-9-19(20,21)22)26-17(24)13(3)11-15(23)27-18(5,6)7/h12-14,16H,8-11H2,1-7H3/t13-,14+,16-/m1/s1. The highest BCUT2D eigenvalue weighted by Gasteiger charge is 2.30. The van der Waals surface area contributed by atoms with Crippen molar-refractivity contribution in [3.8, 4) is 0 Å². The van der Waals surface area contributed by atoms with Crippen LogP contribution >= 0.6 is 0 Å². The van der Waals surface area contributed by atoms with Gasteiger partial charge in [0.25, 0.3) is 0 Å². The van der Waals surface area contributed by atoms with Crippen LogP contribution in [0.25, 0.3) is 0 Å². The minimum atomic E-state index is -4.21. The Balaban J connectivity index is 4.57. The van der Waals surface area contributed by atoms with Gasteiger partial charge in [0.15, 0.2) is 0 Å². The molecule has 160 valence electrons. The average Bonchev–Trinajstić information content (AvgIpc) is 2.45. The van der Waals surface area contributed by atoms with Crippen LogP contribution in [0.3, 0.4) is 0 Å². The highest BCUT2D eigenvalue weighted by Crippen LogP contribution is 2.22. The van der Waals surface area contributed by atoms with Crippen LogP contribution in [0, 0.1) is 11.8 Å². The van der Waals surface area contributed by atoms with E-state index in [0.717, 1.165) is 0 Å². The van der Waals surface area contributed by atoms with Crippen molar-refractivity contribution in [1.82, 2.24) is 0 Å². The van der Waals surface area contributed by atoms with Gasteiger partial charge in [0.05, 0.1) is 18.4 Å². The summed E-state index contributed by atoms with van der Waals surface area (Å²) < 4.78 is 52.6. The first-order valence-corrected chi connectivity index (χ1v) is 9.23. The van der Waals surface area contributed by atoms with Gasteiger partial charge < -0.3 is 14.2 Å². The molecule has 0 heterocycles. The quantitative estimate of drug-likeness (QED) is 0.395. The van der Waals surface area contributed by atoms with E-state index in [1.165, 1.54) is 0 Å². The Morgan fingerprint density at radius 1 is 1.00 bits per heavy atom. The average molecular weight is 398 g/mol. The summed E-state index contributed by atoms with van der Waals surface area (Å²) in [5.41, 5.74) is -0.639. The zero-order valence-electron chi connectivity index (χ0n) is 17.3. The summed E-state index contributed by atoms with van der Waals surface area (Å²) in [5.74, 6) is -1.85. The van der Waals surface area contributed by atoms with E-state index >= 15 is 0 Å². The number of carbonyl (C=O) groups excluding carboxylic acids is 2. The zero-order valence-corrected chi connectivity index (χ0v) is 17.3. The Hall–Kier alpha value is -1.31. The molecule has 0 fully saturated rings. The Kier molecular flexibility index (Phi) is 10.4. The summed E-state index contributed by atoms with van der Waals surface area (Å²) in [6.45, 7) is 12.0. The Bertz CT molecular complexity index is 469. The van der Waals surface area contributed by atoms with E-state index in [0.29, 0.717) is 0 Å². The maximum absolute atomic E-state index is 12.3. The van der Waals surface area contributed by atoms with Gasteiger partial charge in [-0.3, -0.25) is 9.59 Å². The van der Waals surface area contributed by atoms with Crippen molar-refractivity contribution in [3.05, 3.63) is 0 Å². The molecular formula is C19H33F3O5. The Morgan fingerprint density at radius 2 is 1.56 bits per heavy atom. The van der Waals surface area contributed by atoms with Crippen LogP contribution in [0.4, 0.5) is 13.2 Å². The molecule has 0 amide bonds. The third-order valence-electron chi connectivity index (χ3n) is 3.65. The summed E-state index contributed by atoms with van der Waals surface area (Å²) in [5, 5.41) is 0. The number of rotatable bonds is 10. The molecule has 0 aromatic heterocycles. The van der Waals surface area contributed by atoms with Crippen LogP contribution in [0.2, 0.25) is 0 Å². The number of carbonyl (C=O) groups is 2. The molecule has 0 aliphatic heterocycles. The van der Waals surface area contributed by atoms with Crippen molar-refractivity contribution in [2.24, 2.45) is 11.8 Å². The van der Waals surface area contributed by atoms with Gasteiger partial charge in [-0.25, -0.2) is 0 Å². The topological polar surface area (TPSA) is 61.8 Å². The number of alkyl halides is 3. The molecule has 0 aromatic rings. The highest BCUT2D eigenvalue weighted by atomic mass is 19.4. The van der Waals surface area contributed by atoms with Gasteiger partial charge in [-0.2, -0.15) is 13.2 Å². The molecule has 8 heteroatoms. The fourth-order valence-corrected chi connectivity index (χ4v) is 2.38. The van der Waals surface area contributed by atoms with Gasteiger partial charge in [-0.15, -0.1) is 0 Å². The van der Waals surface area contributed by atoms with Gasteiger partial charge in [-0.05, 0) is 40.0 Å². The molecule has 0 saturated heterocycles. The molecule has 0 radical (unpaired) electrons. The van der Waals surface area contributed by atoms with Crippen molar-refractivity contribution >= 4 is 11.9 Å². The lowest BCUT2D eigenvalue weighted by atomic mass is 10.0. The predicted molar refractivity (Wildman–Crippen MR) is 95.0 cm³/mol. The maximum Gasteiger partial charge on any atom is 0.389 e. The number of hydrogen-bond acceptors (Lipinski definition) is 5. The Labute approximate surface area is 159 Å². The maximum atomic E-state index is 12.3. The number of esters is 2. The summed E-state index contributed by atoms with van der Waals surface area (Å²) in [6.07, 6.45) is -6.57. The van der Waals surface area contributed by atoms with E-state index in [-0.39, 0.29) is 25.4 Å². The summed E-state index contributed by atoms with van der Waals surface area (Å²) in [6, 6.07) is 0. The van der Waals surface area contributed by atoms with Crippen molar-refractivity contribution < 1.29 is 37.0 Å². The van der Waals surface area contributed by atoms with Crippen LogP contribution in [0.15, 0.2) is 0 Å². The molecule has 0 spiro atoms. The molecule has 27 heavy (non-hydrogen) atoms. The lowest BCUT2D eigenvalue weighted by Crippen LogP contribution is -2.38. The smallest absolute Gasteiger partial charge is 0.389 e. The first-order chi connectivity index (χ1) is 12.1. The van der Waals surface area contributed by atoms with Crippen LogP contribution in [0.5, 0.6) is 0 Å². The molecule has 5 nitrogen and oxygen atoms in total. The highest BCUT2D eigenvalue weighted by molar-refractivity contribution is 5.79. The zero-order chi connectivity index (χ0) is 21.4. The molecule has 0 N–H and O–H groups in total. The molecule has 0 saturated carbocycles. The van der Waals surface area contributed by atoms with Gasteiger partial charge in [0.1, 0.15) is 11.7 Å². The molecular weight excluding hydrogens is 365 g/mol. The molecule has 3 atom stereocenters. The first kappa shape index (κ1) is 25.7. The largest absolute Gasteiger partial charge is 0.460 e. The number of ether oxygens (including phenoxy) is 3. The van der Waals surface area contributed by atoms with Crippen LogP contribution in [0.1, 0.15) is 67.7 Å². The summed E-state index contributed by atoms with van der Waals surface area (Å²) >= 11 is 0. The first-order valence-electron chi connectivity index (χ1n) is 9.23. The fourth-order valence-electron chi connectivity index (χ4n) is 2.38. The van der Waals surface area contributed by atoms with Gasteiger partial charge in [0.2, 0.25) is 0 Å². The molecule has 0 aliphatic carbocycles. The monoisotopic (exact) mass is 398 g/mol. The van der Waals surface area contributed by atoms with E-state index in [4.69, 9.17) is 14.2 Å². The lowest BCUT2D eigenvalue weighted by molar-refractivity contribution is -0.171. The predicted octanol–water partition coefficient (Wildman–Crippen LogP) is 4.67. The van der Waals surface area contributed by atoms with Crippen molar-refractivity contribution in [2.75, 3.05) is 6.61 Å². The molecule has 0 rings (SSSR count). The van der Waals surface area contributed by atoms with Crippen molar-refractivity contribution in [1.29, 1.82) is 0 Å². The van der Waals surface area contributed by atoms with E-state index < -0.39 is 48.3 Å². The minimum absolute atomic E-state index is 0.0745. The molecule has 0 unspecified atom stereocenters. The second-order valence-electron chi connectivity index (χ2n) is 8.13. The number of halogens is 3. The van der Waals surface area contributed by atoms with E-state index in [1.807, 2.05) is 13.8 Å². The molecule has 0 aromatic carbocycles. The van der Waals surface area contributed by atoms with E-state index in [9.17, 15) is 22.8 Å². The normalized spacial score (nSPS) is 16.0. The molecule has 0 aliphatic rings. The Morgan fingerprint density at radius 3 is 2.00 bits per heavy atom. The minimum Gasteiger partial charge on any atom is -0.460 e. The fraction of sp³-hybridized carbons (Fsp3) is 0.895. The van der Waals surface area contributed by atoms with Crippen LogP contribution in [-0.4, -0.2) is 42.5 Å². The second-order valence-corrected chi connectivity index (χ2v) is 8.13. The second kappa shape index (κ2) is 10.9. The van der Waals surface area contributed by atoms with Gasteiger partial charge in [0, 0.05) is 13.0 Å². The van der Waals surface area contributed by atoms with Gasteiger partial charge in [-0.1, -0.05) is 20.8 Å². The van der Waals surface area contributed by atoms with Crippen LogP contribution < -0.4 is 0 Å². The van der Waals surface area contributed by atoms with Crippen LogP contribution in [-0.2, 0) is 23.8 Å². The van der Waals surface area contributed by atoms with E-state index in [1.54, 1.807) is 34.6 Å². The third kappa shape index (κ3) is 12.7.